The van der Waals surface area contributed by atoms with Crippen molar-refractivity contribution in [1.29, 1.82) is 0 Å². The first kappa shape index (κ1) is 14.9. The number of ether oxygens (including phenoxy) is 2. The summed E-state index contributed by atoms with van der Waals surface area (Å²) in [7, 11) is 0. The first-order chi connectivity index (χ1) is 11.1. The fourth-order valence-electron chi connectivity index (χ4n) is 2.23. The summed E-state index contributed by atoms with van der Waals surface area (Å²) in [6, 6.07) is 11.4. The van der Waals surface area contributed by atoms with E-state index in [0.717, 1.165) is 6.42 Å². The number of hydrogen-bond acceptors (Lipinski definition) is 4. The summed E-state index contributed by atoms with van der Waals surface area (Å²) < 4.78 is 11.1. The SMILES string of the molecule is NC(=O)c1ccc(C(=O)Nc2ccc3c(c2)OCCCO3)cc1. The first-order valence-electron chi connectivity index (χ1n) is 7.24. The van der Waals surface area contributed by atoms with Crippen molar-refractivity contribution in [2.24, 2.45) is 5.73 Å². The van der Waals surface area contributed by atoms with Crippen molar-refractivity contribution in [3.63, 3.8) is 0 Å². The van der Waals surface area contributed by atoms with Crippen LogP contribution in [-0.4, -0.2) is 25.0 Å². The molecule has 2 aromatic carbocycles. The molecule has 6 heteroatoms. The number of fused-ring (bicyclic) bond motifs is 1. The van der Waals surface area contributed by atoms with Crippen LogP contribution in [0.5, 0.6) is 11.5 Å². The van der Waals surface area contributed by atoms with Crippen LogP contribution in [0.25, 0.3) is 0 Å². The Labute approximate surface area is 133 Å². The molecule has 2 aromatic rings. The van der Waals surface area contributed by atoms with Gasteiger partial charge in [0.25, 0.3) is 5.91 Å². The van der Waals surface area contributed by atoms with E-state index in [1.54, 1.807) is 30.3 Å². The van der Waals surface area contributed by atoms with Crippen LogP contribution in [0.15, 0.2) is 42.5 Å². The summed E-state index contributed by atoms with van der Waals surface area (Å²) in [5, 5.41) is 2.79. The number of amides is 2. The molecule has 23 heavy (non-hydrogen) atoms. The molecule has 0 spiro atoms. The molecule has 2 amide bonds. The lowest BCUT2D eigenvalue weighted by atomic mass is 10.1. The normalized spacial score (nSPS) is 13.0. The first-order valence-corrected chi connectivity index (χ1v) is 7.24. The highest BCUT2D eigenvalue weighted by Gasteiger charge is 2.13. The summed E-state index contributed by atoms with van der Waals surface area (Å²) in [4.78, 5) is 23.3. The molecule has 3 N–H and O–H groups in total. The van der Waals surface area contributed by atoms with Crippen LogP contribution in [0.4, 0.5) is 5.69 Å². The van der Waals surface area contributed by atoms with E-state index in [4.69, 9.17) is 15.2 Å². The minimum Gasteiger partial charge on any atom is -0.490 e. The highest BCUT2D eigenvalue weighted by atomic mass is 16.5. The molecule has 6 nitrogen and oxygen atoms in total. The van der Waals surface area contributed by atoms with Crippen LogP contribution in [0, 0.1) is 0 Å². The molecule has 118 valence electrons. The van der Waals surface area contributed by atoms with Crippen LogP contribution < -0.4 is 20.5 Å². The maximum Gasteiger partial charge on any atom is 0.255 e. The van der Waals surface area contributed by atoms with E-state index in [1.807, 2.05) is 0 Å². The second-order valence-corrected chi connectivity index (χ2v) is 5.11. The lowest BCUT2D eigenvalue weighted by molar-refractivity contribution is 0.0995. The molecule has 0 bridgehead atoms. The molecule has 0 fully saturated rings. The van der Waals surface area contributed by atoms with E-state index in [0.29, 0.717) is 41.5 Å². The van der Waals surface area contributed by atoms with Crippen LogP contribution in [0.1, 0.15) is 27.1 Å². The molecule has 0 unspecified atom stereocenters. The van der Waals surface area contributed by atoms with Gasteiger partial charge < -0.3 is 20.5 Å². The monoisotopic (exact) mass is 312 g/mol. The second kappa shape index (κ2) is 6.39. The van der Waals surface area contributed by atoms with Gasteiger partial charge in [0, 0.05) is 29.3 Å². The number of hydrogen-bond donors (Lipinski definition) is 2. The second-order valence-electron chi connectivity index (χ2n) is 5.11. The number of anilines is 1. The van der Waals surface area contributed by atoms with Gasteiger partial charge in [-0.1, -0.05) is 0 Å². The molecule has 0 aromatic heterocycles. The predicted molar refractivity (Wildman–Crippen MR) is 85.0 cm³/mol. The van der Waals surface area contributed by atoms with Crippen molar-refractivity contribution in [3.05, 3.63) is 53.6 Å². The summed E-state index contributed by atoms with van der Waals surface area (Å²) >= 11 is 0. The minimum atomic E-state index is -0.528. The maximum atomic E-state index is 12.2. The number of primary amides is 1. The molecule has 0 radical (unpaired) electrons. The maximum absolute atomic E-state index is 12.2. The van der Waals surface area contributed by atoms with Crippen molar-refractivity contribution in [2.75, 3.05) is 18.5 Å². The third-order valence-electron chi connectivity index (χ3n) is 3.44. The molecule has 1 aliphatic heterocycles. The average molecular weight is 312 g/mol. The van der Waals surface area contributed by atoms with Gasteiger partial charge >= 0.3 is 0 Å². The molecule has 0 atom stereocenters. The topological polar surface area (TPSA) is 90.7 Å². The Balaban J connectivity index is 1.74. The Morgan fingerprint density at radius 2 is 1.57 bits per heavy atom. The Morgan fingerprint density at radius 3 is 2.26 bits per heavy atom. The van der Waals surface area contributed by atoms with Crippen molar-refractivity contribution < 1.29 is 19.1 Å². The summed E-state index contributed by atoms with van der Waals surface area (Å²) in [5.74, 6) is 0.478. The number of rotatable bonds is 3. The molecule has 1 aliphatic rings. The molecule has 0 aliphatic carbocycles. The molecule has 3 rings (SSSR count). The van der Waals surface area contributed by atoms with Gasteiger partial charge in [-0.25, -0.2) is 0 Å². The highest BCUT2D eigenvalue weighted by molar-refractivity contribution is 6.05. The van der Waals surface area contributed by atoms with Gasteiger partial charge in [0.1, 0.15) is 0 Å². The van der Waals surface area contributed by atoms with E-state index in [-0.39, 0.29) is 5.91 Å². The quantitative estimate of drug-likeness (QED) is 0.909. The molecular formula is C17H16N2O4. The van der Waals surface area contributed by atoms with E-state index in [2.05, 4.69) is 5.32 Å². The van der Waals surface area contributed by atoms with Gasteiger partial charge in [-0.15, -0.1) is 0 Å². The number of carbonyl (C=O) groups is 2. The van der Waals surface area contributed by atoms with Gasteiger partial charge in [-0.3, -0.25) is 9.59 Å². The summed E-state index contributed by atoms with van der Waals surface area (Å²) in [6.07, 6.45) is 0.822. The number of carbonyl (C=O) groups excluding carboxylic acids is 2. The average Bonchev–Trinajstić information content (AvgIpc) is 2.79. The third-order valence-corrected chi connectivity index (χ3v) is 3.44. The van der Waals surface area contributed by atoms with Crippen molar-refractivity contribution in [2.45, 2.75) is 6.42 Å². The number of benzene rings is 2. The van der Waals surface area contributed by atoms with Gasteiger partial charge in [0.05, 0.1) is 13.2 Å². The molecule has 0 saturated carbocycles. The smallest absolute Gasteiger partial charge is 0.255 e. The van der Waals surface area contributed by atoms with Gasteiger partial charge in [0.2, 0.25) is 5.91 Å². The Kier molecular flexibility index (Phi) is 4.14. The van der Waals surface area contributed by atoms with E-state index < -0.39 is 5.91 Å². The zero-order chi connectivity index (χ0) is 16.2. The summed E-state index contributed by atoms with van der Waals surface area (Å²) in [5.41, 5.74) is 6.58. The van der Waals surface area contributed by atoms with Gasteiger partial charge in [-0.2, -0.15) is 0 Å². The van der Waals surface area contributed by atoms with Crippen molar-refractivity contribution in [1.82, 2.24) is 0 Å². The highest BCUT2D eigenvalue weighted by Crippen LogP contribution is 2.32. The molecule has 0 saturated heterocycles. The van der Waals surface area contributed by atoms with Crippen molar-refractivity contribution >= 4 is 17.5 Å². The molecular weight excluding hydrogens is 296 g/mol. The largest absolute Gasteiger partial charge is 0.490 e. The number of nitrogens with one attached hydrogen (secondary N) is 1. The van der Waals surface area contributed by atoms with E-state index >= 15 is 0 Å². The van der Waals surface area contributed by atoms with E-state index in [9.17, 15) is 9.59 Å². The predicted octanol–water partition coefficient (Wildman–Crippen LogP) is 2.20. The molecule has 1 heterocycles. The van der Waals surface area contributed by atoms with Crippen LogP contribution >= 0.6 is 0 Å². The van der Waals surface area contributed by atoms with Gasteiger partial charge in [-0.05, 0) is 36.4 Å². The number of nitrogens with two attached hydrogens (primary N) is 1. The summed E-state index contributed by atoms with van der Waals surface area (Å²) in [6.45, 7) is 1.20. The lowest BCUT2D eigenvalue weighted by Gasteiger charge is -2.10. The standard InChI is InChI=1S/C17H16N2O4/c18-16(20)11-2-4-12(5-3-11)17(21)19-13-6-7-14-15(10-13)23-9-1-8-22-14/h2-7,10H,1,8-9H2,(H2,18,20)(H,19,21). The van der Waals surface area contributed by atoms with Crippen LogP contribution in [0.2, 0.25) is 0 Å². The third kappa shape index (κ3) is 3.42. The Hall–Kier alpha value is -3.02. The van der Waals surface area contributed by atoms with Crippen molar-refractivity contribution in [3.8, 4) is 11.5 Å². The van der Waals surface area contributed by atoms with Crippen LogP contribution in [-0.2, 0) is 0 Å². The Bertz CT molecular complexity index is 741. The zero-order valence-electron chi connectivity index (χ0n) is 12.4. The Morgan fingerprint density at radius 1 is 0.913 bits per heavy atom. The fourth-order valence-corrected chi connectivity index (χ4v) is 2.23. The minimum absolute atomic E-state index is 0.282. The lowest BCUT2D eigenvalue weighted by Crippen LogP contribution is -2.14. The zero-order valence-corrected chi connectivity index (χ0v) is 12.4. The van der Waals surface area contributed by atoms with E-state index in [1.165, 1.54) is 12.1 Å². The van der Waals surface area contributed by atoms with Gasteiger partial charge in [0.15, 0.2) is 11.5 Å². The fraction of sp³-hybridized carbons (Fsp3) is 0.176. The van der Waals surface area contributed by atoms with Crippen LogP contribution in [0.3, 0.4) is 0 Å².